The fourth-order valence-corrected chi connectivity index (χ4v) is 4.48. The number of carbonyl (C=O) groups excluding carboxylic acids is 1. The first-order valence-electron chi connectivity index (χ1n) is 11.0. The quantitative estimate of drug-likeness (QED) is 0.683. The van der Waals surface area contributed by atoms with Crippen LogP contribution >= 0.6 is 0 Å². The standard InChI is InChI=1S/C25H32N2O2/c28-25(13-7-12-21-8-3-1-4-9-21)26-19-24(20-26)27(23-14-16-29-17-15-23)18-22-10-5-2-6-11-22/h1-6,8-11,23-24H,7,12-20H2. The van der Waals surface area contributed by atoms with Gasteiger partial charge in [0.25, 0.3) is 0 Å². The summed E-state index contributed by atoms with van der Waals surface area (Å²) in [6, 6.07) is 22.2. The van der Waals surface area contributed by atoms with E-state index in [9.17, 15) is 4.79 Å². The van der Waals surface area contributed by atoms with E-state index in [-0.39, 0.29) is 0 Å². The maximum Gasteiger partial charge on any atom is 0.222 e. The van der Waals surface area contributed by atoms with Crippen molar-refractivity contribution >= 4 is 5.91 Å². The van der Waals surface area contributed by atoms with E-state index in [1.54, 1.807) is 0 Å². The fraction of sp³-hybridized carbons (Fsp3) is 0.480. The normalized spacial score (nSPS) is 18.0. The van der Waals surface area contributed by atoms with Gasteiger partial charge in [-0.05, 0) is 36.8 Å². The molecular weight excluding hydrogens is 360 g/mol. The summed E-state index contributed by atoms with van der Waals surface area (Å²) in [4.78, 5) is 17.3. The van der Waals surface area contributed by atoms with Gasteiger partial charge in [-0.25, -0.2) is 0 Å². The first-order chi connectivity index (χ1) is 14.3. The van der Waals surface area contributed by atoms with Gasteiger partial charge in [0.1, 0.15) is 0 Å². The molecule has 4 rings (SSSR count). The number of ether oxygens (including phenoxy) is 1. The van der Waals surface area contributed by atoms with Gasteiger partial charge in [-0.3, -0.25) is 9.69 Å². The van der Waals surface area contributed by atoms with Crippen LogP contribution in [0, 0.1) is 0 Å². The molecule has 2 aromatic rings. The Morgan fingerprint density at radius 3 is 2.17 bits per heavy atom. The van der Waals surface area contributed by atoms with Crippen molar-refractivity contribution in [2.24, 2.45) is 0 Å². The highest BCUT2D eigenvalue weighted by atomic mass is 16.5. The number of hydrogen-bond donors (Lipinski definition) is 0. The van der Waals surface area contributed by atoms with Crippen molar-refractivity contribution in [3.8, 4) is 0 Å². The van der Waals surface area contributed by atoms with Crippen LogP contribution < -0.4 is 0 Å². The molecule has 0 aliphatic carbocycles. The van der Waals surface area contributed by atoms with Gasteiger partial charge < -0.3 is 9.64 Å². The molecule has 29 heavy (non-hydrogen) atoms. The number of benzene rings is 2. The van der Waals surface area contributed by atoms with E-state index in [1.165, 1.54) is 11.1 Å². The average Bonchev–Trinajstić information content (AvgIpc) is 2.74. The van der Waals surface area contributed by atoms with Gasteiger partial charge in [0, 0.05) is 51.4 Å². The second-order valence-electron chi connectivity index (χ2n) is 8.29. The summed E-state index contributed by atoms with van der Waals surface area (Å²) in [7, 11) is 0. The molecule has 2 heterocycles. The lowest BCUT2D eigenvalue weighted by Crippen LogP contribution is -2.63. The zero-order valence-electron chi connectivity index (χ0n) is 17.2. The molecule has 2 saturated heterocycles. The van der Waals surface area contributed by atoms with E-state index < -0.39 is 0 Å². The molecule has 4 nitrogen and oxygen atoms in total. The highest BCUT2D eigenvalue weighted by molar-refractivity contribution is 5.77. The van der Waals surface area contributed by atoms with Crippen molar-refractivity contribution in [3.05, 3.63) is 71.8 Å². The van der Waals surface area contributed by atoms with Crippen LogP contribution in [0.3, 0.4) is 0 Å². The van der Waals surface area contributed by atoms with Gasteiger partial charge in [0.05, 0.1) is 0 Å². The molecule has 0 atom stereocenters. The number of rotatable bonds is 8. The van der Waals surface area contributed by atoms with E-state index in [4.69, 9.17) is 4.74 Å². The highest BCUT2D eigenvalue weighted by Gasteiger charge is 2.37. The van der Waals surface area contributed by atoms with E-state index in [1.807, 2.05) is 11.0 Å². The van der Waals surface area contributed by atoms with Crippen LogP contribution in [-0.4, -0.2) is 54.1 Å². The third kappa shape index (κ3) is 5.46. The molecule has 2 aliphatic rings. The number of aryl methyl sites for hydroxylation is 1. The van der Waals surface area contributed by atoms with Crippen LogP contribution in [0.15, 0.2) is 60.7 Å². The first kappa shape index (κ1) is 20.1. The minimum Gasteiger partial charge on any atom is -0.381 e. The minimum absolute atomic E-state index is 0.309. The Morgan fingerprint density at radius 2 is 1.52 bits per heavy atom. The molecule has 1 amide bonds. The molecule has 0 saturated carbocycles. The highest BCUT2D eigenvalue weighted by Crippen LogP contribution is 2.26. The number of likely N-dealkylation sites (tertiary alicyclic amines) is 1. The summed E-state index contributed by atoms with van der Waals surface area (Å²) in [5.41, 5.74) is 2.67. The van der Waals surface area contributed by atoms with Crippen LogP contribution in [0.25, 0.3) is 0 Å². The Labute approximate surface area is 174 Å². The van der Waals surface area contributed by atoms with Crippen LogP contribution in [0.1, 0.15) is 36.8 Å². The van der Waals surface area contributed by atoms with Crippen LogP contribution in [0.2, 0.25) is 0 Å². The summed E-state index contributed by atoms with van der Waals surface area (Å²) in [6.45, 7) is 4.41. The van der Waals surface area contributed by atoms with E-state index in [2.05, 4.69) is 59.5 Å². The van der Waals surface area contributed by atoms with Crippen molar-refractivity contribution in [1.82, 2.24) is 9.80 Å². The molecule has 0 unspecified atom stereocenters. The number of amides is 1. The summed E-state index contributed by atoms with van der Waals surface area (Å²) in [5.74, 6) is 0.309. The SMILES string of the molecule is O=C(CCCc1ccccc1)N1CC(N(Cc2ccccc2)C2CCOCC2)C1. The zero-order valence-corrected chi connectivity index (χ0v) is 17.2. The largest absolute Gasteiger partial charge is 0.381 e. The predicted octanol–water partition coefficient (Wildman–Crippen LogP) is 3.90. The van der Waals surface area contributed by atoms with Crippen LogP contribution in [0.4, 0.5) is 0 Å². The van der Waals surface area contributed by atoms with Gasteiger partial charge in [-0.2, -0.15) is 0 Å². The van der Waals surface area contributed by atoms with Crippen molar-refractivity contribution in [2.75, 3.05) is 26.3 Å². The second kappa shape index (κ2) is 10.0. The van der Waals surface area contributed by atoms with Crippen molar-refractivity contribution in [1.29, 1.82) is 0 Å². The molecule has 0 aromatic heterocycles. The van der Waals surface area contributed by atoms with E-state index >= 15 is 0 Å². The third-order valence-corrected chi connectivity index (χ3v) is 6.25. The molecule has 0 N–H and O–H groups in total. The predicted molar refractivity (Wildman–Crippen MR) is 116 cm³/mol. The molecule has 154 valence electrons. The maximum absolute atomic E-state index is 12.6. The first-order valence-corrected chi connectivity index (χ1v) is 11.0. The molecular formula is C25H32N2O2. The van der Waals surface area contributed by atoms with Gasteiger partial charge in [-0.1, -0.05) is 60.7 Å². The Bertz CT molecular complexity index is 753. The Morgan fingerprint density at radius 1 is 0.897 bits per heavy atom. The Hall–Kier alpha value is -2.17. The van der Waals surface area contributed by atoms with Crippen molar-refractivity contribution in [2.45, 2.75) is 50.7 Å². The lowest BCUT2D eigenvalue weighted by atomic mass is 9.98. The molecule has 2 aromatic carbocycles. The number of nitrogens with zero attached hydrogens (tertiary/aromatic N) is 2. The molecule has 0 bridgehead atoms. The van der Waals surface area contributed by atoms with E-state index in [0.29, 0.717) is 24.4 Å². The second-order valence-corrected chi connectivity index (χ2v) is 8.29. The fourth-order valence-electron chi connectivity index (χ4n) is 4.48. The van der Waals surface area contributed by atoms with Crippen molar-refractivity contribution < 1.29 is 9.53 Å². The summed E-state index contributed by atoms with van der Waals surface area (Å²) in [5, 5.41) is 0. The molecule has 4 heteroatoms. The molecule has 0 spiro atoms. The molecule has 2 aliphatic heterocycles. The van der Waals surface area contributed by atoms with E-state index in [0.717, 1.165) is 58.5 Å². The summed E-state index contributed by atoms with van der Waals surface area (Å²) >= 11 is 0. The van der Waals surface area contributed by atoms with Crippen molar-refractivity contribution in [3.63, 3.8) is 0 Å². The van der Waals surface area contributed by atoms with Crippen LogP contribution in [-0.2, 0) is 22.5 Å². The maximum atomic E-state index is 12.6. The lowest BCUT2D eigenvalue weighted by molar-refractivity contribution is -0.140. The zero-order chi connectivity index (χ0) is 19.9. The smallest absolute Gasteiger partial charge is 0.222 e. The number of carbonyl (C=O) groups is 1. The lowest BCUT2D eigenvalue weighted by Gasteiger charge is -2.49. The Balaban J connectivity index is 1.28. The summed E-state index contributed by atoms with van der Waals surface area (Å²) < 4.78 is 5.58. The van der Waals surface area contributed by atoms with Gasteiger partial charge in [-0.15, -0.1) is 0 Å². The summed E-state index contributed by atoms with van der Waals surface area (Å²) in [6.07, 6.45) is 4.74. The van der Waals surface area contributed by atoms with Gasteiger partial charge in [0.2, 0.25) is 5.91 Å². The van der Waals surface area contributed by atoms with Gasteiger partial charge in [0.15, 0.2) is 0 Å². The van der Waals surface area contributed by atoms with Crippen LogP contribution in [0.5, 0.6) is 0 Å². The minimum atomic E-state index is 0.309. The average molecular weight is 393 g/mol. The van der Waals surface area contributed by atoms with Gasteiger partial charge >= 0.3 is 0 Å². The Kier molecular flexibility index (Phi) is 6.96. The molecule has 2 fully saturated rings. The number of hydrogen-bond acceptors (Lipinski definition) is 3. The third-order valence-electron chi connectivity index (χ3n) is 6.25. The monoisotopic (exact) mass is 392 g/mol. The topological polar surface area (TPSA) is 32.8 Å². The molecule has 0 radical (unpaired) electrons.